The molecule has 0 aliphatic carbocycles. The first-order chi connectivity index (χ1) is 20.4. The number of carbonyl (C=O) groups is 2. The van der Waals surface area contributed by atoms with Crippen LogP contribution < -0.4 is 4.74 Å². The fourth-order valence-corrected chi connectivity index (χ4v) is 5.64. The van der Waals surface area contributed by atoms with Gasteiger partial charge in [-0.3, -0.25) is 9.59 Å². The minimum Gasteiger partial charge on any atom is -0.490 e. The molecule has 0 atom stereocenters. The van der Waals surface area contributed by atoms with Crippen molar-refractivity contribution in [1.29, 1.82) is 0 Å². The van der Waals surface area contributed by atoms with Gasteiger partial charge >= 0.3 is 5.97 Å². The molecule has 0 amide bonds. The van der Waals surface area contributed by atoms with E-state index in [1.54, 1.807) is 0 Å². The molecule has 0 aliphatic rings. The lowest BCUT2D eigenvalue weighted by Gasteiger charge is -2.20. The van der Waals surface area contributed by atoms with Gasteiger partial charge in [-0.05, 0) is 99.2 Å². The van der Waals surface area contributed by atoms with Crippen molar-refractivity contribution in [3.8, 4) is 5.75 Å². The molecular formula is C37H43NO4. The molecule has 3 aromatic carbocycles. The number of nitrogens with zero attached hydrogens (tertiary/aromatic N) is 1. The molecule has 0 saturated heterocycles. The Hall–Kier alpha value is -4.12. The second kappa shape index (κ2) is 15.8. The Balaban J connectivity index is 1.40. The van der Waals surface area contributed by atoms with Crippen molar-refractivity contribution in [1.82, 2.24) is 4.57 Å². The van der Waals surface area contributed by atoms with Crippen LogP contribution in [0.25, 0.3) is 0 Å². The summed E-state index contributed by atoms with van der Waals surface area (Å²) >= 11 is 0. The monoisotopic (exact) mass is 565 g/mol. The molecule has 5 nitrogen and oxygen atoms in total. The van der Waals surface area contributed by atoms with Crippen LogP contribution in [0.4, 0.5) is 0 Å². The first-order valence-electron chi connectivity index (χ1n) is 15.2. The van der Waals surface area contributed by atoms with Gasteiger partial charge in [0, 0.05) is 36.0 Å². The Bertz CT molecular complexity index is 1360. The summed E-state index contributed by atoms with van der Waals surface area (Å²) in [5.41, 5.74) is 5.98. The van der Waals surface area contributed by atoms with Crippen LogP contribution in [0.2, 0.25) is 0 Å². The maximum atomic E-state index is 13.5. The van der Waals surface area contributed by atoms with Crippen LogP contribution in [0.5, 0.6) is 5.75 Å². The molecule has 1 aromatic heterocycles. The van der Waals surface area contributed by atoms with E-state index in [0.29, 0.717) is 24.0 Å². The van der Waals surface area contributed by atoms with Crippen LogP contribution >= 0.6 is 0 Å². The molecule has 4 rings (SSSR count). The van der Waals surface area contributed by atoms with E-state index in [0.717, 1.165) is 62.1 Å². The molecule has 220 valence electrons. The highest BCUT2D eigenvalue weighted by molar-refractivity contribution is 6.10. The van der Waals surface area contributed by atoms with Gasteiger partial charge in [-0.25, -0.2) is 0 Å². The zero-order chi connectivity index (χ0) is 29.7. The fraction of sp³-hybridized carbons (Fsp3) is 0.351. The normalized spacial score (nSPS) is 11.1. The quantitative estimate of drug-likeness (QED) is 0.132. The molecule has 4 aromatic rings. The summed E-state index contributed by atoms with van der Waals surface area (Å²) in [7, 11) is 1.96. The van der Waals surface area contributed by atoms with Crippen molar-refractivity contribution in [3.05, 3.63) is 125 Å². The van der Waals surface area contributed by atoms with Gasteiger partial charge in [0.2, 0.25) is 0 Å². The number of ketones is 1. The van der Waals surface area contributed by atoms with E-state index in [1.165, 1.54) is 11.1 Å². The smallest absolute Gasteiger partial charge is 0.303 e. The molecule has 5 heteroatoms. The van der Waals surface area contributed by atoms with E-state index >= 15 is 0 Å². The molecule has 0 aliphatic heterocycles. The Labute approximate surface area is 250 Å². The minimum absolute atomic E-state index is 0.0132. The van der Waals surface area contributed by atoms with Crippen LogP contribution in [0.15, 0.2) is 91.0 Å². The number of ether oxygens (including phenoxy) is 1. The summed E-state index contributed by atoms with van der Waals surface area (Å²) in [4.78, 5) is 24.5. The average molecular weight is 566 g/mol. The number of carbonyl (C=O) groups excluding carboxylic acids is 1. The SMILES string of the molecule is CCc1c(C(=O)c2ccc(OC(CCCc3ccccc3)CCCc3ccccc3)cc2)cc(CCCC(=O)O)n1C. The highest BCUT2D eigenvalue weighted by Gasteiger charge is 2.19. The summed E-state index contributed by atoms with van der Waals surface area (Å²) in [5.74, 6) is -0.0250. The van der Waals surface area contributed by atoms with Gasteiger partial charge < -0.3 is 14.4 Å². The average Bonchev–Trinajstić information content (AvgIpc) is 3.32. The molecule has 0 bridgehead atoms. The Morgan fingerprint density at radius 1 is 0.786 bits per heavy atom. The Kier molecular flexibility index (Phi) is 11.6. The Morgan fingerprint density at radius 2 is 1.36 bits per heavy atom. The van der Waals surface area contributed by atoms with Gasteiger partial charge in [-0.1, -0.05) is 67.6 Å². The third-order valence-electron chi connectivity index (χ3n) is 7.95. The minimum atomic E-state index is -0.798. The van der Waals surface area contributed by atoms with Crippen molar-refractivity contribution < 1.29 is 19.4 Å². The number of carboxylic acids is 1. The first-order valence-corrected chi connectivity index (χ1v) is 15.2. The number of aliphatic carboxylic acids is 1. The molecule has 0 spiro atoms. The second-order valence-electron chi connectivity index (χ2n) is 11.0. The third-order valence-corrected chi connectivity index (χ3v) is 7.95. The maximum absolute atomic E-state index is 13.5. The predicted octanol–water partition coefficient (Wildman–Crippen LogP) is 8.02. The number of aryl methyl sites for hydroxylation is 3. The van der Waals surface area contributed by atoms with Crippen LogP contribution in [-0.2, 0) is 37.5 Å². The van der Waals surface area contributed by atoms with Crippen molar-refractivity contribution in [2.45, 2.75) is 77.2 Å². The van der Waals surface area contributed by atoms with Gasteiger partial charge in [0.15, 0.2) is 5.78 Å². The van der Waals surface area contributed by atoms with Crippen LogP contribution in [-0.4, -0.2) is 27.5 Å². The predicted molar refractivity (Wildman–Crippen MR) is 168 cm³/mol. The fourth-order valence-electron chi connectivity index (χ4n) is 5.64. The second-order valence-corrected chi connectivity index (χ2v) is 11.0. The standard InChI is InChI=1S/C37H43NO4/c1-3-35-34(27-31(38(35)2)19-12-22-36(39)40)37(41)30-23-25-33(26-24-30)42-32(20-10-17-28-13-6-4-7-14-28)21-11-18-29-15-8-5-9-16-29/h4-9,13-16,23-27,32H,3,10-12,17-22H2,1-2H3,(H,39,40). The zero-order valence-electron chi connectivity index (χ0n) is 24.9. The van der Waals surface area contributed by atoms with E-state index in [2.05, 4.69) is 60.7 Å². The summed E-state index contributed by atoms with van der Waals surface area (Å²) < 4.78 is 8.54. The molecule has 0 radical (unpaired) electrons. The molecule has 1 N–H and O–H groups in total. The number of carboxylic acid groups (broad SMARTS) is 1. The lowest BCUT2D eigenvalue weighted by Crippen LogP contribution is -2.17. The molecule has 42 heavy (non-hydrogen) atoms. The van der Waals surface area contributed by atoms with Crippen molar-refractivity contribution in [2.24, 2.45) is 7.05 Å². The number of hydrogen-bond donors (Lipinski definition) is 1. The summed E-state index contributed by atoms with van der Waals surface area (Å²) in [6.45, 7) is 2.04. The molecule has 0 fully saturated rings. The molecule has 0 saturated carbocycles. The number of benzene rings is 3. The number of hydrogen-bond acceptors (Lipinski definition) is 3. The van der Waals surface area contributed by atoms with E-state index in [4.69, 9.17) is 9.84 Å². The third kappa shape index (κ3) is 8.94. The van der Waals surface area contributed by atoms with Crippen LogP contribution in [0, 0.1) is 0 Å². The van der Waals surface area contributed by atoms with Gasteiger partial charge in [0.25, 0.3) is 0 Å². The number of aromatic nitrogens is 1. The van der Waals surface area contributed by atoms with Crippen molar-refractivity contribution in [2.75, 3.05) is 0 Å². The largest absolute Gasteiger partial charge is 0.490 e. The lowest BCUT2D eigenvalue weighted by molar-refractivity contribution is -0.137. The van der Waals surface area contributed by atoms with E-state index in [9.17, 15) is 9.59 Å². The van der Waals surface area contributed by atoms with E-state index < -0.39 is 5.97 Å². The van der Waals surface area contributed by atoms with E-state index in [1.807, 2.05) is 48.9 Å². The highest BCUT2D eigenvalue weighted by atomic mass is 16.5. The topological polar surface area (TPSA) is 68.5 Å². The van der Waals surface area contributed by atoms with Gasteiger partial charge in [-0.2, -0.15) is 0 Å². The van der Waals surface area contributed by atoms with Gasteiger partial charge in [-0.15, -0.1) is 0 Å². The van der Waals surface area contributed by atoms with Crippen molar-refractivity contribution >= 4 is 11.8 Å². The van der Waals surface area contributed by atoms with Crippen molar-refractivity contribution in [3.63, 3.8) is 0 Å². The van der Waals surface area contributed by atoms with E-state index in [-0.39, 0.29) is 18.3 Å². The number of rotatable bonds is 17. The van der Waals surface area contributed by atoms with Crippen LogP contribution in [0.1, 0.15) is 83.9 Å². The van der Waals surface area contributed by atoms with Gasteiger partial charge in [0.1, 0.15) is 5.75 Å². The van der Waals surface area contributed by atoms with Crippen LogP contribution in [0.3, 0.4) is 0 Å². The maximum Gasteiger partial charge on any atom is 0.303 e. The molecule has 1 heterocycles. The highest BCUT2D eigenvalue weighted by Crippen LogP contribution is 2.24. The van der Waals surface area contributed by atoms with Gasteiger partial charge in [0.05, 0.1) is 6.10 Å². The lowest BCUT2D eigenvalue weighted by atomic mass is 10.0. The zero-order valence-corrected chi connectivity index (χ0v) is 24.9. The molecule has 0 unspecified atom stereocenters. The Morgan fingerprint density at radius 3 is 1.88 bits per heavy atom. The first kappa shape index (κ1) is 30.8. The molecular weight excluding hydrogens is 522 g/mol. The summed E-state index contributed by atoms with van der Waals surface area (Å²) in [5, 5.41) is 8.99. The summed E-state index contributed by atoms with van der Waals surface area (Å²) in [6, 6.07) is 30.6. The summed E-state index contributed by atoms with van der Waals surface area (Å²) in [6.07, 6.45) is 8.25.